The van der Waals surface area contributed by atoms with Crippen LogP contribution in [0, 0.1) is 0 Å². The Labute approximate surface area is 247 Å². The second kappa shape index (κ2) is 12.6. The summed E-state index contributed by atoms with van der Waals surface area (Å²) in [7, 11) is 1.63. The fourth-order valence-corrected chi connectivity index (χ4v) is 4.90. The van der Waals surface area contributed by atoms with Gasteiger partial charge in [0.2, 0.25) is 11.2 Å². The van der Waals surface area contributed by atoms with E-state index in [-0.39, 0.29) is 35.8 Å². The van der Waals surface area contributed by atoms with Crippen LogP contribution in [0.25, 0.3) is 0 Å². The van der Waals surface area contributed by atoms with Gasteiger partial charge in [-0.05, 0) is 71.7 Å². The molecule has 12 heteroatoms. The van der Waals surface area contributed by atoms with Crippen LogP contribution in [0.3, 0.4) is 0 Å². The molecular weight excluding hydrogens is 556 g/mol. The number of ether oxygens (including phenoxy) is 1. The van der Waals surface area contributed by atoms with Gasteiger partial charge in [-0.1, -0.05) is 48.5 Å². The van der Waals surface area contributed by atoms with E-state index in [1.54, 1.807) is 90.8 Å². The number of nitrogens with zero attached hydrogens (tertiary/aromatic N) is 5. The number of para-hydroxylation sites is 1. The Morgan fingerprint density at radius 2 is 1.76 bits per heavy atom. The Morgan fingerprint density at radius 1 is 1.10 bits per heavy atom. The van der Waals surface area contributed by atoms with Gasteiger partial charge in [0.25, 0.3) is 11.6 Å². The number of aromatic nitrogens is 2. The predicted octanol–water partition coefficient (Wildman–Crippen LogP) is 2.87. The zero-order valence-corrected chi connectivity index (χ0v) is 23.8. The lowest BCUT2D eigenvalue weighted by atomic mass is 10.1. The molecular formula is C30H28N6O5S. The van der Waals surface area contributed by atoms with Gasteiger partial charge in [-0.2, -0.15) is 0 Å². The fraction of sp³-hybridized carbons (Fsp3) is 0.200. The first-order valence-corrected chi connectivity index (χ1v) is 13.6. The molecule has 0 aliphatic carbocycles. The van der Waals surface area contributed by atoms with Crippen molar-refractivity contribution in [3.8, 4) is 5.75 Å². The van der Waals surface area contributed by atoms with Crippen LogP contribution in [-0.4, -0.2) is 45.6 Å². The first-order chi connectivity index (χ1) is 20.4. The quantitative estimate of drug-likeness (QED) is 0.131. The summed E-state index contributed by atoms with van der Waals surface area (Å²) < 4.78 is 12.2. The molecule has 2 heterocycles. The van der Waals surface area contributed by atoms with E-state index in [1.165, 1.54) is 9.58 Å². The molecule has 1 aromatic heterocycles. The summed E-state index contributed by atoms with van der Waals surface area (Å²) in [5.41, 5.74) is 1.93. The van der Waals surface area contributed by atoms with Gasteiger partial charge in [-0.15, -0.1) is 0 Å². The minimum absolute atomic E-state index is 0.00973. The van der Waals surface area contributed by atoms with Crippen molar-refractivity contribution in [1.29, 1.82) is 0 Å². The second-order valence-corrected chi connectivity index (χ2v) is 9.74. The number of carbonyl (C=O) groups excluding carboxylic acids is 2. The number of aryl methyl sites for hydroxylation is 1. The number of benzene rings is 3. The molecule has 0 bridgehead atoms. The van der Waals surface area contributed by atoms with Crippen LogP contribution in [0.2, 0.25) is 0 Å². The van der Waals surface area contributed by atoms with Gasteiger partial charge in [0.15, 0.2) is 12.2 Å². The smallest absolute Gasteiger partial charge is 0.325 e. The van der Waals surface area contributed by atoms with Crippen molar-refractivity contribution in [2.24, 2.45) is 12.0 Å². The maximum atomic E-state index is 13.8. The molecule has 3 aromatic carbocycles. The predicted molar refractivity (Wildman–Crippen MR) is 157 cm³/mol. The van der Waals surface area contributed by atoms with Crippen LogP contribution in [0.15, 0.2) is 94.4 Å². The largest absolute Gasteiger partial charge is 0.858 e. The molecule has 2 amide bonds. The van der Waals surface area contributed by atoms with Gasteiger partial charge < -0.3 is 20.1 Å². The number of amides is 2. The molecule has 1 atom stereocenters. The third-order valence-electron chi connectivity index (χ3n) is 6.59. The van der Waals surface area contributed by atoms with E-state index in [0.29, 0.717) is 35.0 Å². The molecule has 1 saturated heterocycles. The number of hydrogen-bond acceptors (Lipinski definition) is 8. The Morgan fingerprint density at radius 3 is 2.43 bits per heavy atom. The summed E-state index contributed by atoms with van der Waals surface area (Å²) in [4.78, 5) is 34.1. The molecule has 0 radical (unpaired) electrons. The highest BCUT2D eigenvalue weighted by atomic mass is 32.1. The van der Waals surface area contributed by atoms with E-state index >= 15 is 0 Å². The summed E-state index contributed by atoms with van der Waals surface area (Å²) in [6.45, 7) is 2.43. The Hall–Kier alpha value is -5.10. The molecule has 0 spiro atoms. The zero-order chi connectivity index (χ0) is 29.6. The summed E-state index contributed by atoms with van der Waals surface area (Å²) in [6, 6.07) is 23.6. The van der Waals surface area contributed by atoms with Gasteiger partial charge in [0.1, 0.15) is 18.3 Å². The zero-order valence-electron chi connectivity index (χ0n) is 23.0. The van der Waals surface area contributed by atoms with E-state index in [9.17, 15) is 14.7 Å². The lowest BCUT2D eigenvalue weighted by molar-refractivity contribution is -0.746. The monoisotopic (exact) mass is 584 g/mol. The number of hydrogen-bond donors (Lipinski definition) is 1. The average molecular weight is 585 g/mol. The average Bonchev–Trinajstić information content (AvgIpc) is 3.45. The third-order valence-corrected chi connectivity index (χ3v) is 7.01. The summed E-state index contributed by atoms with van der Waals surface area (Å²) >= 11 is 5.77. The molecule has 214 valence electrons. The topological polar surface area (TPSA) is 127 Å². The van der Waals surface area contributed by atoms with Crippen LogP contribution in [0.4, 0.5) is 17.3 Å². The number of rotatable bonds is 10. The van der Waals surface area contributed by atoms with Crippen molar-refractivity contribution in [2.45, 2.75) is 25.9 Å². The normalized spacial score (nSPS) is 15.3. The van der Waals surface area contributed by atoms with Crippen molar-refractivity contribution >= 4 is 52.3 Å². The van der Waals surface area contributed by atoms with Crippen LogP contribution >= 0.6 is 12.2 Å². The second-order valence-electron chi connectivity index (χ2n) is 9.38. The van der Waals surface area contributed by atoms with Crippen molar-refractivity contribution in [3.63, 3.8) is 0 Å². The maximum Gasteiger partial charge on any atom is 0.325 e. The van der Waals surface area contributed by atoms with Gasteiger partial charge in [-0.3, -0.25) is 19.0 Å². The minimum atomic E-state index is -0.937. The van der Waals surface area contributed by atoms with Crippen molar-refractivity contribution < 1.29 is 28.6 Å². The first-order valence-electron chi connectivity index (χ1n) is 13.2. The van der Waals surface area contributed by atoms with Crippen LogP contribution in [0.5, 0.6) is 5.75 Å². The summed E-state index contributed by atoms with van der Waals surface area (Å²) in [5, 5.41) is 19.7. The molecule has 0 saturated carbocycles. The molecule has 1 N–H and O–H groups in total. The number of nitrogens with one attached hydrogen (secondary N) is 1. The molecule has 11 nitrogen and oxygen atoms in total. The number of thiocarbonyl (C=S) groups is 1. The summed E-state index contributed by atoms with van der Waals surface area (Å²) in [6.07, 6.45) is -0.181. The van der Waals surface area contributed by atoms with Gasteiger partial charge in [0.05, 0.1) is 18.7 Å². The molecule has 4 aromatic rings. The van der Waals surface area contributed by atoms with Gasteiger partial charge in [-0.25, -0.2) is 4.99 Å². The van der Waals surface area contributed by atoms with Gasteiger partial charge in [0, 0.05) is 5.69 Å². The van der Waals surface area contributed by atoms with E-state index < -0.39 is 11.9 Å². The highest BCUT2D eigenvalue weighted by molar-refractivity contribution is 7.80. The fourth-order valence-electron chi connectivity index (χ4n) is 4.51. The summed E-state index contributed by atoms with van der Waals surface area (Å²) in [5.74, 6) is -0.571. The van der Waals surface area contributed by atoms with E-state index in [1.807, 2.05) is 13.0 Å². The number of aliphatic imine (C=N–C) groups is 1. The highest BCUT2D eigenvalue weighted by Gasteiger charge is 2.46. The Balaban J connectivity index is 1.42. The third kappa shape index (κ3) is 6.13. The standard InChI is InChI=1S/C30H28N6O5S/c1-3-40-23-16-14-21(15-17-23)31-26(37)18-24-29(39)36(22-12-8-5-9-13-22)30(42)35(24)19-25-28(41-33-34(25)2)32-27(38)20-10-6-4-7-11-20/h4-17,24H,3,18-19H2,1-2H3,(H-,31,32,33,37,38). The lowest BCUT2D eigenvalue weighted by Crippen LogP contribution is -2.42. The lowest BCUT2D eigenvalue weighted by Gasteiger charge is -2.22. The molecule has 1 aliphatic rings. The molecule has 1 fully saturated rings. The van der Waals surface area contributed by atoms with Crippen molar-refractivity contribution in [1.82, 2.24) is 10.2 Å². The van der Waals surface area contributed by atoms with Crippen LogP contribution in [-0.2, 0) is 23.2 Å². The van der Waals surface area contributed by atoms with Gasteiger partial charge >= 0.3 is 5.88 Å². The molecule has 1 aliphatic heterocycles. The first kappa shape index (κ1) is 28.4. The number of anilines is 2. The highest BCUT2D eigenvalue weighted by Crippen LogP contribution is 2.30. The van der Waals surface area contributed by atoms with E-state index in [4.69, 9.17) is 21.5 Å². The van der Waals surface area contributed by atoms with E-state index in [0.717, 1.165) is 0 Å². The Kier molecular flexibility index (Phi) is 8.53. The van der Waals surface area contributed by atoms with Crippen LogP contribution < -0.4 is 24.7 Å². The molecule has 42 heavy (non-hydrogen) atoms. The van der Waals surface area contributed by atoms with Crippen molar-refractivity contribution in [2.75, 3.05) is 16.8 Å². The van der Waals surface area contributed by atoms with Crippen molar-refractivity contribution in [3.05, 3.63) is 96.2 Å². The minimum Gasteiger partial charge on any atom is -0.858 e. The number of carbonyl (C=O) groups is 2. The van der Waals surface area contributed by atoms with Crippen LogP contribution in [0.1, 0.15) is 24.6 Å². The Bertz CT molecular complexity index is 1610. The molecule has 5 rings (SSSR count). The maximum absolute atomic E-state index is 13.8. The van der Waals surface area contributed by atoms with E-state index in [2.05, 4.69) is 15.6 Å². The SMILES string of the molecule is CCOc1ccc(NC(=O)CC2C(=O)N(c3ccccc3)C(=S)N2Cc2c(/N=C(\[O-])c3ccccc3)on[n+]2C)cc1. The molecule has 1 unspecified atom stereocenters.